The number of rotatable bonds is 8. The smallest absolute Gasteiger partial charge is 0.281 e. The maximum atomic E-state index is 16.4. The van der Waals surface area contributed by atoms with Crippen LogP contribution >= 0.6 is 34.3 Å². The standard InChI is InChI=1S/C28H19ClFN7O2S2/c29-21-5-4-19(41-21)14-34-26-24(30)25(35-37(26)27(38)18-7-12-40-16-18)23-20(17-3-1-8-31-13-17)6-11-36(28(23)39)15-22-32-9-2-10-33-22/h1-13,16,34H,14-15H2. The van der Waals surface area contributed by atoms with E-state index >= 15 is 4.39 Å². The number of hydrogen-bond donors (Lipinski definition) is 1. The topological polar surface area (TPSA) is 108 Å². The second-order valence-electron chi connectivity index (χ2n) is 8.74. The largest absolute Gasteiger partial charge is 0.363 e. The highest BCUT2D eigenvalue weighted by Crippen LogP contribution is 2.34. The van der Waals surface area contributed by atoms with Crippen molar-refractivity contribution in [1.82, 2.24) is 29.3 Å². The molecule has 6 aromatic rings. The van der Waals surface area contributed by atoms with Crippen LogP contribution < -0.4 is 10.9 Å². The summed E-state index contributed by atoms with van der Waals surface area (Å²) in [4.78, 5) is 40.8. The summed E-state index contributed by atoms with van der Waals surface area (Å²) in [7, 11) is 0. The fourth-order valence-electron chi connectivity index (χ4n) is 4.24. The van der Waals surface area contributed by atoms with Crippen LogP contribution in [-0.4, -0.2) is 35.2 Å². The molecule has 0 amide bonds. The summed E-state index contributed by atoms with van der Waals surface area (Å²) in [6.45, 7) is 0.247. The van der Waals surface area contributed by atoms with E-state index in [1.165, 1.54) is 27.2 Å². The van der Waals surface area contributed by atoms with Crippen molar-refractivity contribution in [2.75, 3.05) is 5.32 Å². The van der Waals surface area contributed by atoms with E-state index in [0.717, 1.165) is 9.56 Å². The Morgan fingerprint density at radius 3 is 2.63 bits per heavy atom. The first-order valence-electron chi connectivity index (χ1n) is 12.2. The highest BCUT2D eigenvalue weighted by atomic mass is 35.5. The number of carbonyl (C=O) groups excluding carboxylic acids is 1. The third kappa shape index (κ3) is 5.44. The van der Waals surface area contributed by atoms with E-state index in [4.69, 9.17) is 11.6 Å². The lowest BCUT2D eigenvalue weighted by Crippen LogP contribution is -2.24. The lowest BCUT2D eigenvalue weighted by atomic mass is 10.0. The summed E-state index contributed by atoms with van der Waals surface area (Å²) in [6.07, 6.45) is 7.93. The van der Waals surface area contributed by atoms with Crippen molar-refractivity contribution in [3.05, 3.63) is 121 Å². The van der Waals surface area contributed by atoms with Gasteiger partial charge in [0.05, 0.1) is 28.6 Å². The predicted molar refractivity (Wildman–Crippen MR) is 157 cm³/mol. The van der Waals surface area contributed by atoms with Crippen molar-refractivity contribution in [1.29, 1.82) is 0 Å². The van der Waals surface area contributed by atoms with Gasteiger partial charge in [0.2, 0.25) is 0 Å². The van der Waals surface area contributed by atoms with Gasteiger partial charge >= 0.3 is 0 Å². The fourth-order valence-corrected chi connectivity index (χ4v) is 5.90. The molecule has 0 saturated heterocycles. The van der Waals surface area contributed by atoms with Gasteiger partial charge in [-0.05, 0) is 47.3 Å². The molecule has 6 heterocycles. The Morgan fingerprint density at radius 2 is 1.93 bits per heavy atom. The minimum absolute atomic E-state index is 0.0204. The summed E-state index contributed by atoms with van der Waals surface area (Å²) in [5, 5.41) is 10.8. The maximum absolute atomic E-state index is 16.4. The Morgan fingerprint density at radius 1 is 1.07 bits per heavy atom. The van der Waals surface area contributed by atoms with E-state index in [2.05, 4.69) is 25.4 Å². The Bertz CT molecular complexity index is 1890. The zero-order valence-electron chi connectivity index (χ0n) is 21.1. The molecule has 0 radical (unpaired) electrons. The first-order chi connectivity index (χ1) is 20.0. The molecule has 13 heteroatoms. The minimum Gasteiger partial charge on any atom is -0.363 e. The molecule has 0 atom stereocenters. The number of thiophene rings is 2. The lowest BCUT2D eigenvalue weighted by molar-refractivity contribution is 0.0948. The number of hydrogen-bond acceptors (Lipinski definition) is 9. The highest BCUT2D eigenvalue weighted by molar-refractivity contribution is 7.16. The van der Waals surface area contributed by atoms with Crippen molar-refractivity contribution >= 4 is 46.0 Å². The molecule has 0 unspecified atom stereocenters. The number of aromatic nitrogens is 6. The van der Waals surface area contributed by atoms with Gasteiger partial charge < -0.3 is 9.88 Å². The van der Waals surface area contributed by atoms with E-state index in [9.17, 15) is 9.59 Å². The van der Waals surface area contributed by atoms with Gasteiger partial charge in [-0.2, -0.15) is 21.1 Å². The SMILES string of the molecule is O=C(c1ccsc1)n1nc(-c2c(-c3cccnc3)ccn(Cc3ncccn3)c2=O)c(F)c1NCc1ccc(Cl)s1. The average Bonchev–Trinajstić information content (AvgIpc) is 3.75. The lowest BCUT2D eigenvalue weighted by Gasteiger charge is -2.11. The van der Waals surface area contributed by atoms with Crippen LogP contribution in [-0.2, 0) is 13.1 Å². The molecular formula is C28H19ClFN7O2S2. The maximum Gasteiger partial charge on any atom is 0.281 e. The van der Waals surface area contributed by atoms with Crippen molar-refractivity contribution < 1.29 is 9.18 Å². The van der Waals surface area contributed by atoms with Crippen molar-refractivity contribution in [2.45, 2.75) is 13.1 Å². The van der Waals surface area contributed by atoms with E-state index in [1.807, 2.05) is 6.07 Å². The van der Waals surface area contributed by atoms with Gasteiger partial charge in [-0.3, -0.25) is 14.6 Å². The van der Waals surface area contributed by atoms with Crippen LogP contribution in [0.2, 0.25) is 4.34 Å². The van der Waals surface area contributed by atoms with Crippen LogP contribution in [0.5, 0.6) is 0 Å². The van der Waals surface area contributed by atoms with Crippen molar-refractivity contribution in [2.24, 2.45) is 0 Å². The monoisotopic (exact) mass is 603 g/mol. The number of pyridine rings is 2. The first kappa shape index (κ1) is 26.7. The number of halogens is 2. The van der Waals surface area contributed by atoms with Crippen LogP contribution in [0.1, 0.15) is 21.1 Å². The van der Waals surface area contributed by atoms with E-state index < -0.39 is 17.3 Å². The summed E-state index contributed by atoms with van der Waals surface area (Å²) in [5.41, 5.74) is 0.521. The quantitative estimate of drug-likeness (QED) is 0.233. The van der Waals surface area contributed by atoms with Gasteiger partial charge in [-0.1, -0.05) is 17.7 Å². The third-order valence-electron chi connectivity index (χ3n) is 6.15. The Hall–Kier alpha value is -4.52. The average molecular weight is 604 g/mol. The molecule has 6 aromatic heterocycles. The van der Waals surface area contributed by atoms with Gasteiger partial charge in [0.15, 0.2) is 11.6 Å². The number of nitrogens with zero attached hydrogens (tertiary/aromatic N) is 6. The van der Waals surface area contributed by atoms with Crippen LogP contribution in [0.4, 0.5) is 10.2 Å². The van der Waals surface area contributed by atoms with Gasteiger partial charge in [0.25, 0.3) is 11.5 Å². The second kappa shape index (κ2) is 11.5. The molecule has 204 valence electrons. The number of anilines is 1. The molecule has 0 fully saturated rings. The summed E-state index contributed by atoms with van der Waals surface area (Å²) in [5.74, 6) is -1.14. The summed E-state index contributed by atoms with van der Waals surface area (Å²) < 4.78 is 19.3. The minimum atomic E-state index is -0.841. The summed E-state index contributed by atoms with van der Waals surface area (Å²) >= 11 is 8.73. The molecule has 9 nitrogen and oxygen atoms in total. The van der Waals surface area contributed by atoms with Crippen LogP contribution in [0.15, 0.2) is 89.0 Å². The zero-order chi connectivity index (χ0) is 28.3. The molecule has 0 aliphatic carbocycles. The van der Waals surface area contributed by atoms with Crippen LogP contribution in [0.3, 0.4) is 0 Å². The van der Waals surface area contributed by atoms with Crippen LogP contribution in [0, 0.1) is 5.82 Å². The highest BCUT2D eigenvalue weighted by Gasteiger charge is 2.28. The molecule has 0 bridgehead atoms. The summed E-state index contributed by atoms with van der Waals surface area (Å²) in [6, 6.07) is 12.0. The molecule has 1 N–H and O–H groups in total. The number of nitrogens with one attached hydrogen (secondary N) is 1. The molecule has 0 spiro atoms. The molecular weight excluding hydrogens is 585 g/mol. The normalized spacial score (nSPS) is 11.1. The second-order valence-corrected chi connectivity index (χ2v) is 11.3. The molecule has 0 saturated carbocycles. The Balaban J connectivity index is 1.53. The van der Waals surface area contributed by atoms with E-state index in [1.54, 1.807) is 78.1 Å². The zero-order valence-corrected chi connectivity index (χ0v) is 23.5. The molecule has 0 aromatic carbocycles. The van der Waals surface area contributed by atoms with Gasteiger partial charge in [0.1, 0.15) is 11.5 Å². The first-order valence-corrected chi connectivity index (χ1v) is 14.4. The fraction of sp³-hybridized carbons (Fsp3) is 0.0714. The molecule has 6 rings (SSSR count). The molecule has 0 aliphatic heterocycles. The van der Waals surface area contributed by atoms with Crippen molar-refractivity contribution in [3.8, 4) is 22.4 Å². The van der Waals surface area contributed by atoms with Gasteiger partial charge in [0, 0.05) is 46.8 Å². The van der Waals surface area contributed by atoms with E-state index in [0.29, 0.717) is 26.9 Å². The van der Waals surface area contributed by atoms with Gasteiger partial charge in [-0.25, -0.2) is 14.4 Å². The predicted octanol–water partition coefficient (Wildman–Crippen LogP) is 5.83. The van der Waals surface area contributed by atoms with E-state index in [-0.39, 0.29) is 30.2 Å². The van der Waals surface area contributed by atoms with Gasteiger partial charge in [-0.15, -0.1) is 11.3 Å². The molecule has 41 heavy (non-hydrogen) atoms. The Labute approximate surface area is 245 Å². The third-order valence-corrected chi connectivity index (χ3v) is 8.07. The Kier molecular flexibility index (Phi) is 7.51. The van der Waals surface area contributed by atoms with Crippen molar-refractivity contribution in [3.63, 3.8) is 0 Å². The number of carbonyl (C=O) groups is 1. The molecule has 0 aliphatic rings. The van der Waals surface area contributed by atoms with Crippen LogP contribution in [0.25, 0.3) is 22.4 Å².